The minimum atomic E-state index is -0.726. The number of hydrogen-bond acceptors (Lipinski definition) is 6. The molecule has 0 saturated carbocycles. The van der Waals surface area contributed by atoms with Crippen molar-refractivity contribution in [2.24, 2.45) is 0 Å². The van der Waals surface area contributed by atoms with E-state index in [4.69, 9.17) is 4.74 Å². The van der Waals surface area contributed by atoms with Gasteiger partial charge in [-0.25, -0.2) is 13.8 Å². The predicted octanol–water partition coefficient (Wildman–Crippen LogP) is 4.26. The fourth-order valence-corrected chi connectivity index (χ4v) is 4.07. The maximum absolute atomic E-state index is 14.0. The Morgan fingerprint density at radius 2 is 2.07 bits per heavy atom. The molecular weight excluding hydrogens is 410 g/mol. The number of nitrogens with zero attached hydrogens (tertiary/aromatic N) is 2. The van der Waals surface area contributed by atoms with Crippen LogP contribution >= 0.6 is 11.3 Å². The molecule has 1 fully saturated rings. The van der Waals surface area contributed by atoms with Gasteiger partial charge in [0.1, 0.15) is 39.9 Å². The Balaban J connectivity index is 1.50. The van der Waals surface area contributed by atoms with Crippen molar-refractivity contribution in [3.05, 3.63) is 59.4 Å². The van der Waals surface area contributed by atoms with Gasteiger partial charge in [0.2, 0.25) is 0 Å². The summed E-state index contributed by atoms with van der Waals surface area (Å²) in [7, 11) is 0. The molecule has 0 spiro atoms. The monoisotopic (exact) mass is 430 g/mol. The van der Waals surface area contributed by atoms with Gasteiger partial charge in [-0.3, -0.25) is 9.78 Å². The molecule has 1 aromatic carbocycles. The number of pyridine rings is 1. The summed E-state index contributed by atoms with van der Waals surface area (Å²) in [5.74, 6) is -1.44. The summed E-state index contributed by atoms with van der Waals surface area (Å²) in [6, 6.07) is 5.28. The second-order valence-electron chi connectivity index (χ2n) is 6.90. The molecule has 1 amide bonds. The minimum Gasteiger partial charge on any atom is -0.487 e. The molecule has 1 aliphatic heterocycles. The average molecular weight is 430 g/mol. The number of anilines is 1. The Morgan fingerprint density at radius 3 is 2.90 bits per heavy atom. The smallest absolute Gasteiger partial charge is 0.275 e. The number of halogens is 2. The maximum atomic E-state index is 14.0. The fraction of sp³-hybridized carbons (Fsp3) is 0.286. The number of benzene rings is 1. The van der Waals surface area contributed by atoms with E-state index in [9.17, 15) is 13.6 Å². The van der Waals surface area contributed by atoms with Gasteiger partial charge in [-0.15, -0.1) is 11.3 Å². The Labute approximate surface area is 176 Å². The average Bonchev–Trinajstić information content (AvgIpc) is 3.07. The molecule has 3 heterocycles. The summed E-state index contributed by atoms with van der Waals surface area (Å²) >= 11 is 0.998. The number of carbonyl (C=O) groups excluding carboxylic acids is 1. The lowest BCUT2D eigenvalue weighted by Crippen LogP contribution is -2.29. The van der Waals surface area contributed by atoms with Crippen molar-refractivity contribution in [2.45, 2.75) is 25.4 Å². The van der Waals surface area contributed by atoms with Crippen LogP contribution in [0.1, 0.15) is 29.8 Å². The van der Waals surface area contributed by atoms with Crippen LogP contribution in [0, 0.1) is 11.6 Å². The van der Waals surface area contributed by atoms with E-state index in [1.807, 2.05) is 0 Å². The highest BCUT2D eigenvalue weighted by atomic mass is 32.1. The van der Waals surface area contributed by atoms with Crippen LogP contribution in [0.25, 0.3) is 10.6 Å². The SMILES string of the molecule is O=C(Nc1cnccc1OC1CCCCNC1)c1csc(-c2c(F)cccc2F)n1. The zero-order chi connectivity index (χ0) is 20.9. The molecule has 2 aromatic heterocycles. The normalized spacial score (nSPS) is 16.7. The summed E-state index contributed by atoms with van der Waals surface area (Å²) in [5.41, 5.74) is 0.231. The van der Waals surface area contributed by atoms with Gasteiger partial charge in [0.15, 0.2) is 0 Å². The molecule has 0 bridgehead atoms. The van der Waals surface area contributed by atoms with Gasteiger partial charge < -0.3 is 15.4 Å². The molecule has 2 N–H and O–H groups in total. The first-order valence-electron chi connectivity index (χ1n) is 9.64. The van der Waals surface area contributed by atoms with Crippen LogP contribution in [-0.4, -0.2) is 35.1 Å². The molecule has 1 aliphatic rings. The Morgan fingerprint density at radius 1 is 1.23 bits per heavy atom. The maximum Gasteiger partial charge on any atom is 0.275 e. The van der Waals surface area contributed by atoms with Crippen molar-refractivity contribution in [3.8, 4) is 16.3 Å². The lowest BCUT2D eigenvalue weighted by Gasteiger charge is -2.19. The first kappa shape index (κ1) is 20.4. The van der Waals surface area contributed by atoms with Crippen LogP contribution in [-0.2, 0) is 0 Å². The van der Waals surface area contributed by atoms with Gasteiger partial charge >= 0.3 is 0 Å². The van der Waals surface area contributed by atoms with E-state index in [1.54, 1.807) is 12.3 Å². The molecule has 1 atom stereocenters. The summed E-state index contributed by atoms with van der Waals surface area (Å²) < 4.78 is 34.1. The molecule has 1 unspecified atom stereocenters. The van der Waals surface area contributed by atoms with Gasteiger partial charge in [-0.2, -0.15) is 0 Å². The first-order valence-corrected chi connectivity index (χ1v) is 10.5. The van der Waals surface area contributed by atoms with E-state index < -0.39 is 17.5 Å². The number of rotatable bonds is 5. The van der Waals surface area contributed by atoms with Gasteiger partial charge in [0.05, 0.1) is 11.8 Å². The van der Waals surface area contributed by atoms with Crippen molar-refractivity contribution in [1.82, 2.24) is 15.3 Å². The Kier molecular flexibility index (Phi) is 6.29. The molecule has 0 aliphatic carbocycles. The van der Waals surface area contributed by atoms with Crippen LogP contribution in [0.5, 0.6) is 5.75 Å². The van der Waals surface area contributed by atoms with E-state index in [-0.39, 0.29) is 22.4 Å². The minimum absolute atomic E-state index is 0.000424. The quantitative estimate of drug-likeness (QED) is 0.633. The van der Waals surface area contributed by atoms with E-state index in [0.717, 1.165) is 55.8 Å². The van der Waals surface area contributed by atoms with Crippen LogP contribution < -0.4 is 15.4 Å². The molecule has 9 heteroatoms. The van der Waals surface area contributed by atoms with Crippen molar-refractivity contribution in [1.29, 1.82) is 0 Å². The van der Waals surface area contributed by atoms with Gasteiger partial charge in [-0.1, -0.05) is 6.07 Å². The number of thiazole rings is 1. The molecule has 1 saturated heterocycles. The molecule has 30 heavy (non-hydrogen) atoms. The van der Waals surface area contributed by atoms with Crippen molar-refractivity contribution in [3.63, 3.8) is 0 Å². The van der Waals surface area contributed by atoms with Crippen molar-refractivity contribution >= 4 is 22.9 Å². The second kappa shape index (κ2) is 9.27. The van der Waals surface area contributed by atoms with Gasteiger partial charge in [0, 0.05) is 24.2 Å². The fourth-order valence-electron chi connectivity index (χ4n) is 3.23. The number of amides is 1. The van der Waals surface area contributed by atoms with Gasteiger partial charge in [0.25, 0.3) is 5.91 Å². The Hall–Kier alpha value is -2.91. The van der Waals surface area contributed by atoms with E-state index >= 15 is 0 Å². The zero-order valence-corrected chi connectivity index (χ0v) is 16.8. The zero-order valence-electron chi connectivity index (χ0n) is 16.0. The van der Waals surface area contributed by atoms with Crippen molar-refractivity contribution < 1.29 is 18.3 Å². The predicted molar refractivity (Wildman–Crippen MR) is 111 cm³/mol. The van der Waals surface area contributed by atoms with Crippen molar-refractivity contribution in [2.75, 3.05) is 18.4 Å². The summed E-state index contributed by atoms with van der Waals surface area (Å²) in [6.07, 6.45) is 6.19. The highest BCUT2D eigenvalue weighted by molar-refractivity contribution is 7.13. The number of aromatic nitrogens is 2. The largest absolute Gasteiger partial charge is 0.487 e. The lowest BCUT2D eigenvalue weighted by atomic mass is 10.2. The highest BCUT2D eigenvalue weighted by Gasteiger charge is 2.20. The number of carbonyl (C=O) groups is 1. The van der Waals surface area contributed by atoms with Crippen LogP contribution in [0.3, 0.4) is 0 Å². The molecule has 3 aromatic rings. The van der Waals surface area contributed by atoms with Crippen LogP contribution in [0.15, 0.2) is 42.0 Å². The molecule has 6 nitrogen and oxygen atoms in total. The second-order valence-corrected chi connectivity index (χ2v) is 7.76. The van der Waals surface area contributed by atoms with E-state index in [0.29, 0.717) is 11.4 Å². The molecule has 0 radical (unpaired) electrons. The molecule has 4 rings (SSSR count). The topological polar surface area (TPSA) is 76.1 Å². The first-order chi connectivity index (χ1) is 14.6. The third-order valence-corrected chi connectivity index (χ3v) is 5.60. The number of hydrogen-bond donors (Lipinski definition) is 2. The highest BCUT2D eigenvalue weighted by Crippen LogP contribution is 2.30. The number of nitrogens with one attached hydrogen (secondary N) is 2. The summed E-state index contributed by atoms with van der Waals surface area (Å²) in [5, 5.41) is 7.63. The van der Waals surface area contributed by atoms with Gasteiger partial charge in [-0.05, 0) is 37.9 Å². The lowest BCUT2D eigenvalue weighted by molar-refractivity contribution is 0.102. The molecule has 156 valence electrons. The third kappa shape index (κ3) is 4.63. The summed E-state index contributed by atoms with van der Waals surface area (Å²) in [4.78, 5) is 20.8. The molecular formula is C21H20F2N4O2S. The van der Waals surface area contributed by atoms with Crippen LogP contribution in [0.4, 0.5) is 14.5 Å². The summed E-state index contributed by atoms with van der Waals surface area (Å²) in [6.45, 7) is 1.70. The van der Waals surface area contributed by atoms with Crippen LogP contribution in [0.2, 0.25) is 0 Å². The number of ether oxygens (including phenoxy) is 1. The van der Waals surface area contributed by atoms with E-state index in [1.165, 1.54) is 17.6 Å². The standard InChI is InChI=1S/C21H20F2N4O2S/c22-14-5-3-6-15(23)19(14)21-27-17(12-30-21)20(28)26-16-11-25-9-7-18(16)29-13-4-1-2-8-24-10-13/h3,5-7,9,11-13,24H,1-2,4,8,10H2,(H,26,28). The third-order valence-electron chi connectivity index (χ3n) is 4.74. The Bertz CT molecular complexity index is 1020. The van der Waals surface area contributed by atoms with E-state index in [2.05, 4.69) is 20.6 Å².